The molecule has 0 unspecified atom stereocenters. The van der Waals surface area contributed by atoms with Crippen LogP contribution in [-0.2, 0) is 4.79 Å². The van der Waals surface area contributed by atoms with Crippen molar-refractivity contribution in [1.29, 1.82) is 0 Å². The summed E-state index contributed by atoms with van der Waals surface area (Å²) in [6.07, 6.45) is 28.5. The van der Waals surface area contributed by atoms with Crippen molar-refractivity contribution < 1.29 is 4.79 Å². The first kappa shape index (κ1) is 25.4. The van der Waals surface area contributed by atoms with Crippen molar-refractivity contribution in [2.24, 2.45) is 5.92 Å². The SMILES string of the molecule is CCCCCCCC/C=C\CCCCCCCCCCCC(=O)C(C)C. The molecule has 0 radical (unpaired) electrons. The fourth-order valence-corrected chi connectivity index (χ4v) is 3.37. The second-order valence-corrected chi connectivity index (χ2v) is 8.37. The summed E-state index contributed by atoms with van der Waals surface area (Å²) in [5.74, 6) is 0.659. The van der Waals surface area contributed by atoms with Crippen LogP contribution >= 0.6 is 0 Å². The van der Waals surface area contributed by atoms with Crippen LogP contribution in [-0.4, -0.2) is 5.78 Å². The van der Waals surface area contributed by atoms with Crippen molar-refractivity contribution in [3.05, 3.63) is 12.2 Å². The second-order valence-electron chi connectivity index (χ2n) is 8.37. The third-order valence-corrected chi connectivity index (χ3v) is 5.33. The van der Waals surface area contributed by atoms with E-state index in [-0.39, 0.29) is 5.92 Å². The Balaban J connectivity index is 3.13. The Morgan fingerprint density at radius 2 is 1.00 bits per heavy atom. The van der Waals surface area contributed by atoms with Gasteiger partial charge in [-0.15, -0.1) is 0 Å². The molecule has 0 N–H and O–H groups in total. The molecule has 0 rings (SSSR count). The number of hydrogen-bond acceptors (Lipinski definition) is 1. The number of carbonyl (C=O) groups is 1. The number of ketones is 1. The highest BCUT2D eigenvalue weighted by Gasteiger charge is 2.05. The average molecular weight is 365 g/mol. The molecular weight excluding hydrogens is 316 g/mol. The molecule has 0 bridgehead atoms. The molecule has 0 fully saturated rings. The normalized spacial score (nSPS) is 11.7. The average Bonchev–Trinajstić information content (AvgIpc) is 2.63. The predicted octanol–water partition coefficient (Wildman–Crippen LogP) is 8.81. The second kappa shape index (κ2) is 20.7. The highest BCUT2D eigenvalue weighted by atomic mass is 16.1. The maximum atomic E-state index is 11.5. The van der Waals surface area contributed by atoms with E-state index in [4.69, 9.17) is 0 Å². The Labute approximate surface area is 165 Å². The summed E-state index contributed by atoms with van der Waals surface area (Å²) in [6, 6.07) is 0. The number of allylic oxidation sites excluding steroid dienone is 2. The van der Waals surface area contributed by atoms with Gasteiger partial charge in [-0.1, -0.05) is 110 Å². The van der Waals surface area contributed by atoms with Crippen LogP contribution in [0.2, 0.25) is 0 Å². The third kappa shape index (κ3) is 19.7. The quantitative estimate of drug-likeness (QED) is 0.156. The van der Waals surface area contributed by atoms with Crippen molar-refractivity contribution in [3.63, 3.8) is 0 Å². The van der Waals surface area contributed by atoms with E-state index >= 15 is 0 Å². The molecule has 0 aliphatic carbocycles. The van der Waals surface area contributed by atoms with Crippen molar-refractivity contribution >= 4 is 5.78 Å². The van der Waals surface area contributed by atoms with E-state index in [1.165, 1.54) is 103 Å². The number of rotatable bonds is 20. The lowest BCUT2D eigenvalue weighted by molar-refractivity contribution is -0.122. The zero-order valence-electron chi connectivity index (χ0n) is 18.4. The molecule has 154 valence electrons. The monoisotopic (exact) mass is 364 g/mol. The van der Waals surface area contributed by atoms with Crippen LogP contribution in [0.15, 0.2) is 12.2 Å². The van der Waals surface area contributed by atoms with Gasteiger partial charge in [-0.25, -0.2) is 0 Å². The number of carbonyl (C=O) groups excluding carboxylic acids is 1. The molecule has 0 aliphatic rings. The van der Waals surface area contributed by atoms with Crippen molar-refractivity contribution in [2.45, 2.75) is 136 Å². The zero-order valence-corrected chi connectivity index (χ0v) is 18.4. The van der Waals surface area contributed by atoms with Crippen molar-refractivity contribution in [1.82, 2.24) is 0 Å². The standard InChI is InChI=1S/C25H48O/c1-4-5-6-7-8-9-10-11-12-13-14-15-16-17-18-19-20-21-22-23-25(26)24(2)3/h11-12,24H,4-10,13-23H2,1-3H3/b12-11-. The maximum absolute atomic E-state index is 11.5. The summed E-state index contributed by atoms with van der Waals surface area (Å²) in [5, 5.41) is 0. The van der Waals surface area contributed by atoms with E-state index < -0.39 is 0 Å². The Kier molecular flexibility index (Phi) is 20.2. The Bertz CT molecular complexity index is 316. The van der Waals surface area contributed by atoms with Gasteiger partial charge >= 0.3 is 0 Å². The molecule has 0 aromatic carbocycles. The lowest BCUT2D eigenvalue weighted by atomic mass is 10.0. The van der Waals surface area contributed by atoms with Gasteiger partial charge in [0.1, 0.15) is 5.78 Å². The molecule has 1 heteroatoms. The topological polar surface area (TPSA) is 17.1 Å². The molecule has 0 atom stereocenters. The molecule has 0 heterocycles. The van der Waals surface area contributed by atoms with E-state index in [1.807, 2.05) is 13.8 Å². The summed E-state index contributed by atoms with van der Waals surface area (Å²) in [5.41, 5.74) is 0. The van der Waals surface area contributed by atoms with Crippen LogP contribution in [0.1, 0.15) is 136 Å². The van der Waals surface area contributed by atoms with Crippen LogP contribution < -0.4 is 0 Å². The summed E-state index contributed by atoms with van der Waals surface area (Å²) in [4.78, 5) is 11.5. The fourth-order valence-electron chi connectivity index (χ4n) is 3.37. The first-order valence-corrected chi connectivity index (χ1v) is 11.9. The predicted molar refractivity (Wildman–Crippen MR) is 118 cm³/mol. The number of unbranched alkanes of at least 4 members (excludes halogenated alkanes) is 15. The molecule has 26 heavy (non-hydrogen) atoms. The molecule has 0 amide bonds. The zero-order chi connectivity index (χ0) is 19.3. The van der Waals surface area contributed by atoms with Gasteiger partial charge in [-0.05, 0) is 32.1 Å². The molecule has 0 spiro atoms. The summed E-state index contributed by atoms with van der Waals surface area (Å²) in [6.45, 7) is 6.30. The minimum atomic E-state index is 0.223. The summed E-state index contributed by atoms with van der Waals surface area (Å²) >= 11 is 0. The van der Waals surface area contributed by atoms with E-state index in [0.717, 1.165) is 12.8 Å². The molecular formula is C25H48O. The van der Waals surface area contributed by atoms with Gasteiger partial charge in [0.05, 0.1) is 0 Å². The molecule has 0 aliphatic heterocycles. The number of Topliss-reactive ketones (excluding diaryl/α,β-unsaturated/α-hetero) is 1. The van der Waals surface area contributed by atoms with Gasteiger partial charge in [0.25, 0.3) is 0 Å². The lowest BCUT2D eigenvalue weighted by Gasteiger charge is -2.04. The first-order chi connectivity index (χ1) is 12.7. The molecule has 1 nitrogen and oxygen atoms in total. The van der Waals surface area contributed by atoms with Crippen LogP contribution in [0.3, 0.4) is 0 Å². The van der Waals surface area contributed by atoms with Gasteiger partial charge < -0.3 is 0 Å². The van der Waals surface area contributed by atoms with Gasteiger partial charge in [-0.3, -0.25) is 4.79 Å². The Morgan fingerprint density at radius 1 is 0.615 bits per heavy atom. The smallest absolute Gasteiger partial charge is 0.135 e. The minimum Gasteiger partial charge on any atom is -0.299 e. The fraction of sp³-hybridized carbons (Fsp3) is 0.880. The van der Waals surface area contributed by atoms with E-state index in [9.17, 15) is 4.79 Å². The summed E-state index contributed by atoms with van der Waals surface area (Å²) in [7, 11) is 0. The van der Waals surface area contributed by atoms with E-state index in [0.29, 0.717) is 5.78 Å². The third-order valence-electron chi connectivity index (χ3n) is 5.33. The van der Waals surface area contributed by atoms with E-state index in [2.05, 4.69) is 19.1 Å². The molecule has 0 aromatic rings. The van der Waals surface area contributed by atoms with Gasteiger partial charge in [-0.2, -0.15) is 0 Å². The molecule has 0 saturated carbocycles. The van der Waals surface area contributed by atoms with Crippen LogP contribution in [0.25, 0.3) is 0 Å². The molecule has 0 saturated heterocycles. The van der Waals surface area contributed by atoms with Crippen LogP contribution in [0.4, 0.5) is 0 Å². The van der Waals surface area contributed by atoms with Gasteiger partial charge in [0.2, 0.25) is 0 Å². The van der Waals surface area contributed by atoms with Gasteiger partial charge in [0, 0.05) is 12.3 Å². The molecule has 0 aromatic heterocycles. The van der Waals surface area contributed by atoms with Crippen molar-refractivity contribution in [2.75, 3.05) is 0 Å². The maximum Gasteiger partial charge on any atom is 0.135 e. The highest BCUT2D eigenvalue weighted by molar-refractivity contribution is 5.80. The Hall–Kier alpha value is -0.590. The van der Waals surface area contributed by atoms with E-state index in [1.54, 1.807) is 0 Å². The lowest BCUT2D eigenvalue weighted by Crippen LogP contribution is -2.05. The van der Waals surface area contributed by atoms with Gasteiger partial charge in [0.15, 0.2) is 0 Å². The number of hydrogen-bond donors (Lipinski definition) is 0. The van der Waals surface area contributed by atoms with Crippen LogP contribution in [0, 0.1) is 5.92 Å². The Morgan fingerprint density at radius 3 is 1.42 bits per heavy atom. The van der Waals surface area contributed by atoms with Crippen LogP contribution in [0.5, 0.6) is 0 Å². The van der Waals surface area contributed by atoms with Crippen molar-refractivity contribution in [3.8, 4) is 0 Å². The largest absolute Gasteiger partial charge is 0.299 e. The summed E-state index contributed by atoms with van der Waals surface area (Å²) < 4.78 is 0. The first-order valence-electron chi connectivity index (χ1n) is 11.9. The highest BCUT2D eigenvalue weighted by Crippen LogP contribution is 2.13. The minimum absolute atomic E-state index is 0.223.